The van der Waals surface area contributed by atoms with Gasteiger partial charge in [-0.25, -0.2) is 9.18 Å². The molecule has 0 spiro atoms. The third-order valence-electron chi connectivity index (χ3n) is 4.89. The predicted molar refractivity (Wildman–Crippen MR) is 106 cm³/mol. The van der Waals surface area contributed by atoms with Crippen molar-refractivity contribution in [2.75, 3.05) is 13.7 Å². The lowest BCUT2D eigenvalue weighted by Crippen LogP contribution is -2.56. The number of halogens is 4. The number of alkyl carbamates (subject to hydrolysis) is 1. The van der Waals surface area contributed by atoms with Gasteiger partial charge in [-0.15, -0.1) is 0 Å². The molecule has 5 nitrogen and oxygen atoms in total. The molecule has 0 saturated carbocycles. The van der Waals surface area contributed by atoms with E-state index in [9.17, 15) is 27.5 Å². The quantitative estimate of drug-likeness (QED) is 0.580. The molecule has 170 valence electrons. The molecule has 0 saturated heterocycles. The smallest absolute Gasteiger partial charge is 0.418 e. The number of hydrogen-bond donors (Lipinski definition) is 2. The highest BCUT2D eigenvalue weighted by molar-refractivity contribution is 5.67. The van der Waals surface area contributed by atoms with Crippen molar-refractivity contribution in [3.8, 4) is 5.75 Å². The van der Waals surface area contributed by atoms with Crippen LogP contribution in [0.1, 0.15) is 31.4 Å². The molecule has 0 fully saturated rings. The third kappa shape index (κ3) is 6.33. The lowest BCUT2D eigenvalue weighted by Gasteiger charge is -2.38. The second-order valence-corrected chi connectivity index (χ2v) is 7.85. The van der Waals surface area contributed by atoms with Gasteiger partial charge < -0.3 is 19.9 Å². The molecular formula is C22H25F4NO4. The van der Waals surface area contributed by atoms with Crippen LogP contribution >= 0.6 is 0 Å². The van der Waals surface area contributed by atoms with E-state index in [1.165, 1.54) is 27.0 Å². The molecule has 0 unspecified atom stereocenters. The minimum absolute atomic E-state index is 0.136. The Morgan fingerprint density at radius 1 is 1.10 bits per heavy atom. The van der Waals surface area contributed by atoms with Crippen LogP contribution in [0.3, 0.4) is 0 Å². The molecular weight excluding hydrogens is 418 g/mol. The zero-order chi connectivity index (χ0) is 23.3. The number of carbonyl (C=O) groups excluding carboxylic acids is 1. The van der Waals surface area contributed by atoms with Gasteiger partial charge in [0.2, 0.25) is 0 Å². The number of rotatable bonds is 8. The summed E-state index contributed by atoms with van der Waals surface area (Å²) in [4.78, 5) is 11.9. The van der Waals surface area contributed by atoms with E-state index in [-0.39, 0.29) is 17.9 Å². The maximum atomic E-state index is 13.8. The number of ether oxygens (including phenoxy) is 2. The monoisotopic (exact) mass is 443 g/mol. The lowest BCUT2D eigenvalue weighted by molar-refractivity contribution is -0.263. The first-order valence-electron chi connectivity index (χ1n) is 9.46. The summed E-state index contributed by atoms with van der Waals surface area (Å²) in [6.45, 7) is 1.58. The highest BCUT2D eigenvalue weighted by Gasteiger charge is 2.56. The average molecular weight is 443 g/mol. The van der Waals surface area contributed by atoms with Gasteiger partial charge in [-0.2, -0.15) is 13.2 Å². The Morgan fingerprint density at radius 2 is 1.74 bits per heavy atom. The molecule has 0 aliphatic carbocycles. The van der Waals surface area contributed by atoms with Gasteiger partial charge in [0.1, 0.15) is 18.2 Å². The molecule has 0 radical (unpaired) electrons. The summed E-state index contributed by atoms with van der Waals surface area (Å²) in [5.41, 5.74) is -3.83. The highest BCUT2D eigenvalue weighted by atomic mass is 19.4. The van der Waals surface area contributed by atoms with E-state index in [1.807, 2.05) is 5.32 Å². The molecule has 0 aliphatic rings. The summed E-state index contributed by atoms with van der Waals surface area (Å²) in [7, 11) is 1.31. The SMILES string of the molecule is COc1ccc(F)cc1C(C)(C)C[C@@](O)(CNC(=O)OCc1ccccc1)C(F)(F)F. The second kappa shape index (κ2) is 9.55. The van der Waals surface area contributed by atoms with Crippen LogP contribution in [-0.2, 0) is 16.8 Å². The number of carbonyl (C=O) groups is 1. The fraction of sp³-hybridized carbons (Fsp3) is 0.409. The van der Waals surface area contributed by atoms with E-state index >= 15 is 0 Å². The van der Waals surface area contributed by atoms with E-state index < -0.39 is 42.1 Å². The summed E-state index contributed by atoms with van der Waals surface area (Å²) < 4.78 is 65.1. The molecule has 0 heterocycles. The zero-order valence-electron chi connectivity index (χ0n) is 17.4. The molecule has 2 aromatic carbocycles. The Labute approximate surface area is 178 Å². The van der Waals surface area contributed by atoms with E-state index in [0.29, 0.717) is 5.56 Å². The molecule has 0 bridgehead atoms. The molecule has 1 amide bonds. The van der Waals surface area contributed by atoms with Crippen molar-refractivity contribution in [2.24, 2.45) is 0 Å². The number of alkyl halides is 3. The van der Waals surface area contributed by atoms with Gasteiger partial charge in [-0.3, -0.25) is 0 Å². The molecule has 0 aliphatic heterocycles. The molecule has 2 N–H and O–H groups in total. The van der Waals surface area contributed by atoms with Crippen LogP contribution in [-0.4, -0.2) is 36.6 Å². The fourth-order valence-electron chi connectivity index (χ4n) is 3.29. The molecule has 2 rings (SSSR count). The van der Waals surface area contributed by atoms with Gasteiger partial charge in [0.05, 0.1) is 13.7 Å². The lowest BCUT2D eigenvalue weighted by atomic mass is 9.74. The standard InChI is InChI=1S/C22H25F4NO4/c1-20(2,17-11-16(23)9-10-18(17)30-3)13-21(29,22(24,25)26)14-27-19(28)31-12-15-7-5-4-6-8-15/h4-11,29H,12-14H2,1-3H3,(H,27,28)/t21-/m1/s1. The van der Waals surface area contributed by atoms with Crippen LogP contribution in [0.25, 0.3) is 0 Å². The number of amides is 1. The van der Waals surface area contributed by atoms with Crippen molar-refractivity contribution in [1.29, 1.82) is 0 Å². The number of methoxy groups -OCH3 is 1. The van der Waals surface area contributed by atoms with Crippen LogP contribution in [0.2, 0.25) is 0 Å². The first-order valence-corrected chi connectivity index (χ1v) is 9.46. The maximum absolute atomic E-state index is 13.8. The van der Waals surface area contributed by atoms with Gasteiger partial charge in [0.15, 0.2) is 5.60 Å². The van der Waals surface area contributed by atoms with Gasteiger partial charge in [0.25, 0.3) is 0 Å². The zero-order valence-corrected chi connectivity index (χ0v) is 17.4. The summed E-state index contributed by atoms with van der Waals surface area (Å²) in [6.07, 6.45) is -7.03. The van der Waals surface area contributed by atoms with E-state index in [1.54, 1.807) is 30.3 Å². The number of nitrogens with one attached hydrogen (secondary N) is 1. The van der Waals surface area contributed by atoms with Crippen LogP contribution in [0.15, 0.2) is 48.5 Å². The number of aliphatic hydroxyl groups is 1. The minimum Gasteiger partial charge on any atom is -0.496 e. The normalized spacial score (nSPS) is 13.9. The van der Waals surface area contributed by atoms with Crippen LogP contribution in [0.4, 0.5) is 22.4 Å². The first kappa shape index (κ1) is 24.5. The predicted octanol–water partition coefficient (Wildman–Crippen LogP) is 4.72. The topological polar surface area (TPSA) is 67.8 Å². The molecule has 31 heavy (non-hydrogen) atoms. The van der Waals surface area contributed by atoms with E-state index in [4.69, 9.17) is 9.47 Å². The Hall–Kier alpha value is -2.81. The summed E-state index contributed by atoms with van der Waals surface area (Å²) in [6, 6.07) is 12.1. The molecule has 1 atom stereocenters. The van der Waals surface area contributed by atoms with E-state index in [0.717, 1.165) is 12.1 Å². The molecule has 0 aromatic heterocycles. The Morgan fingerprint density at radius 3 is 2.32 bits per heavy atom. The van der Waals surface area contributed by atoms with Crippen molar-refractivity contribution in [1.82, 2.24) is 5.32 Å². The molecule has 9 heteroatoms. The summed E-state index contributed by atoms with van der Waals surface area (Å²) >= 11 is 0. The van der Waals surface area contributed by atoms with Crippen molar-refractivity contribution in [3.63, 3.8) is 0 Å². The van der Waals surface area contributed by atoms with Gasteiger partial charge in [-0.05, 0) is 35.6 Å². The van der Waals surface area contributed by atoms with Crippen LogP contribution in [0, 0.1) is 5.82 Å². The summed E-state index contributed by atoms with van der Waals surface area (Å²) in [5.74, 6) is -0.465. The minimum atomic E-state index is -5.07. The first-order chi connectivity index (χ1) is 14.4. The number of benzene rings is 2. The van der Waals surface area contributed by atoms with Gasteiger partial charge >= 0.3 is 12.3 Å². The highest BCUT2D eigenvalue weighted by Crippen LogP contribution is 2.43. The average Bonchev–Trinajstić information content (AvgIpc) is 2.70. The van der Waals surface area contributed by atoms with Crippen molar-refractivity contribution >= 4 is 6.09 Å². The van der Waals surface area contributed by atoms with Crippen molar-refractivity contribution in [2.45, 2.75) is 44.1 Å². The Balaban J connectivity index is 2.14. The Kier molecular flexibility index (Phi) is 7.54. The van der Waals surface area contributed by atoms with Crippen LogP contribution in [0.5, 0.6) is 5.75 Å². The van der Waals surface area contributed by atoms with Crippen molar-refractivity contribution in [3.05, 3.63) is 65.5 Å². The Bertz CT molecular complexity index is 887. The van der Waals surface area contributed by atoms with Gasteiger partial charge in [0, 0.05) is 5.56 Å². The maximum Gasteiger partial charge on any atom is 0.418 e. The van der Waals surface area contributed by atoms with Crippen molar-refractivity contribution < 1.29 is 36.9 Å². The largest absolute Gasteiger partial charge is 0.496 e. The fourth-order valence-corrected chi connectivity index (χ4v) is 3.29. The second-order valence-electron chi connectivity index (χ2n) is 7.85. The van der Waals surface area contributed by atoms with E-state index in [2.05, 4.69) is 0 Å². The molecule has 2 aromatic rings. The number of hydrogen-bond acceptors (Lipinski definition) is 4. The van der Waals surface area contributed by atoms with Gasteiger partial charge in [-0.1, -0.05) is 44.2 Å². The summed E-state index contributed by atoms with van der Waals surface area (Å²) in [5, 5.41) is 12.5. The van der Waals surface area contributed by atoms with Crippen LogP contribution < -0.4 is 10.1 Å². The third-order valence-corrected chi connectivity index (χ3v) is 4.89.